The second-order valence-electron chi connectivity index (χ2n) is 2.76. The van der Waals surface area contributed by atoms with E-state index in [2.05, 4.69) is 15.2 Å². The first kappa shape index (κ1) is 7.90. The van der Waals surface area contributed by atoms with Crippen molar-refractivity contribution in [2.45, 2.75) is 12.5 Å². The van der Waals surface area contributed by atoms with Crippen LogP contribution in [-0.4, -0.2) is 34.9 Å². The fourth-order valence-corrected chi connectivity index (χ4v) is 1.30. The number of aliphatic imine (C=N–C) groups is 1. The van der Waals surface area contributed by atoms with Crippen LogP contribution in [0.1, 0.15) is 6.42 Å². The molecule has 0 aliphatic carbocycles. The van der Waals surface area contributed by atoms with E-state index in [-0.39, 0.29) is 0 Å². The fourth-order valence-electron chi connectivity index (χ4n) is 1.30. The van der Waals surface area contributed by atoms with Crippen molar-refractivity contribution < 1.29 is 9.90 Å². The summed E-state index contributed by atoms with van der Waals surface area (Å²) >= 11 is 0. The lowest BCUT2D eigenvalue weighted by Crippen LogP contribution is -2.38. The molecule has 1 unspecified atom stereocenters. The van der Waals surface area contributed by atoms with Crippen molar-refractivity contribution >= 4 is 12.2 Å². The maximum absolute atomic E-state index is 10.8. The van der Waals surface area contributed by atoms with E-state index in [1.54, 1.807) is 11.1 Å². The number of azo groups is 1. The number of aliphatic carboxylic acids is 1. The number of hydrogen-bond donors (Lipinski definition) is 1. The van der Waals surface area contributed by atoms with Crippen molar-refractivity contribution in [1.82, 2.24) is 4.90 Å². The van der Waals surface area contributed by atoms with Crippen LogP contribution in [0.25, 0.3) is 0 Å². The topological polar surface area (TPSA) is 77.6 Å². The van der Waals surface area contributed by atoms with E-state index in [1.807, 2.05) is 0 Å². The van der Waals surface area contributed by atoms with Gasteiger partial charge < -0.3 is 10.0 Å². The van der Waals surface area contributed by atoms with Gasteiger partial charge in [-0.15, -0.1) is 5.11 Å². The third kappa shape index (κ3) is 1.30. The van der Waals surface area contributed by atoms with Gasteiger partial charge in [0.15, 0.2) is 5.82 Å². The first-order valence-electron chi connectivity index (χ1n) is 3.88. The van der Waals surface area contributed by atoms with Gasteiger partial charge in [-0.05, 0) is 0 Å². The van der Waals surface area contributed by atoms with Gasteiger partial charge in [0.05, 0.1) is 6.20 Å². The molecule has 0 aromatic heterocycles. The number of rotatable bonds is 1. The highest BCUT2D eigenvalue weighted by Crippen LogP contribution is 2.21. The molecule has 0 aromatic rings. The van der Waals surface area contributed by atoms with Crippen LogP contribution < -0.4 is 0 Å². The van der Waals surface area contributed by atoms with E-state index in [4.69, 9.17) is 5.11 Å². The SMILES string of the molecule is O=C(O)C1CC=NC=C2N=NCN21. The summed E-state index contributed by atoms with van der Waals surface area (Å²) in [5, 5.41) is 16.4. The zero-order valence-electron chi connectivity index (χ0n) is 6.79. The zero-order valence-corrected chi connectivity index (χ0v) is 6.79. The molecular weight excluding hydrogens is 172 g/mol. The van der Waals surface area contributed by atoms with Crippen LogP contribution >= 0.6 is 0 Å². The Hall–Kier alpha value is -1.72. The maximum Gasteiger partial charge on any atom is 0.326 e. The molecular formula is C7H8N4O2. The van der Waals surface area contributed by atoms with Crippen molar-refractivity contribution in [3.05, 3.63) is 12.0 Å². The number of hydrogen-bond acceptors (Lipinski definition) is 5. The average molecular weight is 180 g/mol. The zero-order chi connectivity index (χ0) is 9.26. The highest BCUT2D eigenvalue weighted by Gasteiger charge is 2.30. The summed E-state index contributed by atoms with van der Waals surface area (Å²) in [5.41, 5.74) is 0. The number of fused-ring (bicyclic) bond motifs is 1. The summed E-state index contributed by atoms with van der Waals surface area (Å²) in [7, 11) is 0. The number of carbonyl (C=O) groups is 1. The summed E-state index contributed by atoms with van der Waals surface area (Å²) in [5.74, 6) is -0.340. The van der Waals surface area contributed by atoms with E-state index < -0.39 is 12.0 Å². The van der Waals surface area contributed by atoms with Crippen LogP contribution in [0.5, 0.6) is 0 Å². The van der Waals surface area contributed by atoms with E-state index in [0.29, 0.717) is 18.9 Å². The van der Waals surface area contributed by atoms with Crippen LogP contribution in [0, 0.1) is 0 Å². The molecule has 0 radical (unpaired) electrons. The third-order valence-corrected chi connectivity index (χ3v) is 1.97. The second-order valence-corrected chi connectivity index (χ2v) is 2.76. The van der Waals surface area contributed by atoms with Crippen LogP contribution in [-0.2, 0) is 4.79 Å². The molecule has 2 rings (SSSR count). The van der Waals surface area contributed by atoms with Gasteiger partial charge in [0.1, 0.15) is 12.7 Å². The lowest BCUT2D eigenvalue weighted by molar-refractivity contribution is -0.142. The van der Waals surface area contributed by atoms with Gasteiger partial charge in [0.25, 0.3) is 0 Å². The summed E-state index contributed by atoms with van der Waals surface area (Å²) in [6, 6.07) is -0.590. The summed E-state index contributed by atoms with van der Waals surface area (Å²) in [4.78, 5) is 16.4. The standard InChI is InChI=1S/C7H8N4O2/c12-7(13)5-1-2-8-3-6-10-9-4-11(5)6/h2-3,5H,1,4H2,(H,12,13). The Bertz CT molecular complexity index is 320. The van der Waals surface area contributed by atoms with Gasteiger partial charge in [-0.1, -0.05) is 0 Å². The number of carboxylic acid groups (broad SMARTS) is 1. The molecule has 0 saturated carbocycles. The lowest BCUT2D eigenvalue weighted by atomic mass is 10.2. The molecule has 1 atom stereocenters. The number of carboxylic acids is 1. The van der Waals surface area contributed by atoms with Crippen LogP contribution in [0.3, 0.4) is 0 Å². The Morgan fingerprint density at radius 1 is 1.69 bits per heavy atom. The van der Waals surface area contributed by atoms with Gasteiger partial charge in [-0.2, -0.15) is 5.11 Å². The molecule has 6 nitrogen and oxygen atoms in total. The van der Waals surface area contributed by atoms with Gasteiger partial charge in [0, 0.05) is 12.6 Å². The van der Waals surface area contributed by atoms with E-state index >= 15 is 0 Å². The maximum atomic E-state index is 10.8. The molecule has 2 aliphatic rings. The molecule has 68 valence electrons. The van der Waals surface area contributed by atoms with Gasteiger partial charge >= 0.3 is 5.97 Å². The average Bonchev–Trinajstić information content (AvgIpc) is 2.44. The molecule has 0 fully saturated rings. The fraction of sp³-hybridized carbons (Fsp3) is 0.429. The van der Waals surface area contributed by atoms with Crippen LogP contribution in [0.4, 0.5) is 0 Å². The van der Waals surface area contributed by atoms with Gasteiger partial charge in [-0.25, -0.2) is 4.79 Å². The molecule has 13 heavy (non-hydrogen) atoms. The predicted octanol–water partition coefficient (Wildman–Crippen LogP) is 0.438. The summed E-state index contributed by atoms with van der Waals surface area (Å²) in [6.45, 7) is 0.312. The Morgan fingerprint density at radius 3 is 3.31 bits per heavy atom. The monoisotopic (exact) mass is 180 g/mol. The molecule has 2 heterocycles. The van der Waals surface area contributed by atoms with Crippen molar-refractivity contribution in [2.24, 2.45) is 15.2 Å². The van der Waals surface area contributed by atoms with Crippen molar-refractivity contribution in [1.29, 1.82) is 0 Å². The van der Waals surface area contributed by atoms with Crippen molar-refractivity contribution in [3.8, 4) is 0 Å². The largest absolute Gasteiger partial charge is 0.480 e. The third-order valence-electron chi connectivity index (χ3n) is 1.97. The minimum atomic E-state index is -0.869. The molecule has 6 heteroatoms. The highest BCUT2D eigenvalue weighted by atomic mass is 16.4. The molecule has 1 N–H and O–H groups in total. The Morgan fingerprint density at radius 2 is 2.54 bits per heavy atom. The van der Waals surface area contributed by atoms with Crippen LogP contribution in [0.15, 0.2) is 27.2 Å². The molecule has 0 saturated heterocycles. The number of nitrogens with zero attached hydrogens (tertiary/aromatic N) is 4. The van der Waals surface area contributed by atoms with E-state index in [0.717, 1.165) is 0 Å². The lowest BCUT2D eigenvalue weighted by Gasteiger charge is -2.21. The smallest absolute Gasteiger partial charge is 0.326 e. The van der Waals surface area contributed by atoms with Crippen LogP contribution in [0.2, 0.25) is 0 Å². The van der Waals surface area contributed by atoms with E-state index in [9.17, 15) is 4.79 Å². The second kappa shape index (κ2) is 2.96. The molecule has 0 aromatic carbocycles. The summed E-state index contributed by atoms with van der Waals surface area (Å²) in [6.07, 6.45) is 3.50. The molecule has 0 amide bonds. The first-order valence-corrected chi connectivity index (χ1v) is 3.88. The Balaban J connectivity index is 2.28. The van der Waals surface area contributed by atoms with E-state index in [1.165, 1.54) is 6.20 Å². The van der Waals surface area contributed by atoms with Gasteiger partial charge in [0.2, 0.25) is 0 Å². The molecule has 0 spiro atoms. The predicted molar refractivity (Wildman–Crippen MR) is 44.2 cm³/mol. The van der Waals surface area contributed by atoms with Crippen molar-refractivity contribution in [3.63, 3.8) is 0 Å². The molecule has 0 bridgehead atoms. The Kier molecular flexibility index (Phi) is 1.80. The minimum absolute atomic E-state index is 0.312. The quantitative estimate of drug-likeness (QED) is 0.635. The Labute approximate surface area is 74.3 Å². The van der Waals surface area contributed by atoms with Crippen molar-refractivity contribution in [2.75, 3.05) is 6.67 Å². The first-order chi connectivity index (χ1) is 6.29. The summed E-state index contributed by atoms with van der Waals surface area (Å²) < 4.78 is 0. The highest BCUT2D eigenvalue weighted by molar-refractivity contribution is 5.79. The molecule has 2 aliphatic heterocycles. The minimum Gasteiger partial charge on any atom is -0.480 e. The normalized spacial score (nSPS) is 25.4. The van der Waals surface area contributed by atoms with Gasteiger partial charge in [-0.3, -0.25) is 4.99 Å².